The van der Waals surface area contributed by atoms with E-state index < -0.39 is 28.7 Å². The van der Waals surface area contributed by atoms with Gasteiger partial charge in [0.2, 0.25) is 0 Å². The maximum absolute atomic E-state index is 11.9. The molecule has 104 valence electrons. The van der Waals surface area contributed by atoms with E-state index >= 15 is 0 Å². The van der Waals surface area contributed by atoms with Crippen molar-refractivity contribution >= 4 is 34.3 Å². The molecule has 0 spiro atoms. The Bertz CT molecular complexity index is 506. The quantitative estimate of drug-likeness (QED) is 0.829. The number of hydrogen-bond donors (Lipinski definition) is 2. The van der Waals surface area contributed by atoms with Crippen LogP contribution < -0.4 is 5.32 Å². The molecule has 0 aliphatic heterocycles. The van der Waals surface area contributed by atoms with Gasteiger partial charge in [-0.1, -0.05) is 23.7 Å². The first-order valence-electron chi connectivity index (χ1n) is 5.50. The molecule has 19 heavy (non-hydrogen) atoms. The van der Waals surface area contributed by atoms with E-state index in [1.807, 2.05) is 0 Å². The minimum absolute atomic E-state index is 0.106. The molecule has 0 radical (unpaired) electrons. The number of nitrogens with one attached hydrogen (secondary N) is 1. The monoisotopic (exact) mass is 303 g/mol. The van der Waals surface area contributed by atoms with Gasteiger partial charge in [-0.25, -0.2) is 4.79 Å². The zero-order valence-corrected chi connectivity index (χ0v) is 11.8. The van der Waals surface area contributed by atoms with Crippen LogP contribution in [0.25, 0.3) is 0 Å². The first kappa shape index (κ1) is 15.7. The van der Waals surface area contributed by atoms with Crippen molar-refractivity contribution in [1.82, 2.24) is 5.32 Å². The van der Waals surface area contributed by atoms with E-state index in [-0.39, 0.29) is 22.8 Å². The maximum Gasteiger partial charge on any atom is 0.326 e. The van der Waals surface area contributed by atoms with E-state index in [9.17, 15) is 13.8 Å². The Labute approximate surface area is 118 Å². The molecule has 2 N–H and O–H groups in total. The van der Waals surface area contributed by atoms with Crippen LogP contribution in [0, 0.1) is 0 Å². The smallest absolute Gasteiger partial charge is 0.326 e. The second-order valence-electron chi connectivity index (χ2n) is 3.91. The Morgan fingerprint density at radius 2 is 2.05 bits per heavy atom. The maximum atomic E-state index is 11.9. The van der Waals surface area contributed by atoms with E-state index in [4.69, 9.17) is 16.7 Å². The van der Waals surface area contributed by atoms with Crippen LogP contribution in [0.5, 0.6) is 0 Å². The Kier molecular flexibility index (Phi) is 5.98. The minimum Gasteiger partial charge on any atom is -0.480 e. The molecular formula is C12H14ClNO4S. The van der Waals surface area contributed by atoms with Crippen LogP contribution in [0.4, 0.5) is 0 Å². The van der Waals surface area contributed by atoms with Gasteiger partial charge in [0.05, 0.1) is 10.6 Å². The van der Waals surface area contributed by atoms with Crippen LogP contribution >= 0.6 is 11.6 Å². The van der Waals surface area contributed by atoms with Gasteiger partial charge in [-0.15, -0.1) is 0 Å². The molecule has 2 unspecified atom stereocenters. The number of amides is 1. The molecule has 0 heterocycles. The van der Waals surface area contributed by atoms with Crippen molar-refractivity contribution in [3.63, 3.8) is 0 Å². The number of carboxylic acids is 1. The topological polar surface area (TPSA) is 83.5 Å². The summed E-state index contributed by atoms with van der Waals surface area (Å²) in [6, 6.07) is 5.29. The average molecular weight is 304 g/mol. The van der Waals surface area contributed by atoms with Gasteiger partial charge in [0, 0.05) is 22.8 Å². The van der Waals surface area contributed by atoms with Crippen molar-refractivity contribution in [2.75, 3.05) is 12.0 Å². The first-order valence-corrected chi connectivity index (χ1v) is 7.60. The Balaban J connectivity index is 2.74. The van der Waals surface area contributed by atoms with Gasteiger partial charge in [0.25, 0.3) is 5.91 Å². The highest BCUT2D eigenvalue weighted by Gasteiger charge is 2.21. The van der Waals surface area contributed by atoms with Gasteiger partial charge in [0.15, 0.2) is 0 Å². The van der Waals surface area contributed by atoms with Crippen molar-refractivity contribution < 1.29 is 18.9 Å². The number of rotatable bonds is 6. The largest absolute Gasteiger partial charge is 0.480 e. The predicted molar refractivity (Wildman–Crippen MR) is 73.9 cm³/mol. The Morgan fingerprint density at radius 1 is 1.42 bits per heavy atom. The molecule has 1 aromatic rings. The van der Waals surface area contributed by atoms with Crippen LogP contribution in [0.2, 0.25) is 5.02 Å². The van der Waals surface area contributed by atoms with Crippen molar-refractivity contribution in [3.05, 3.63) is 34.9 Å². The van der Waals surface area contributed by atoms with E-state index in [2.05, 4.69) is 5.32 Å². The Hall–Kier alpha value is -1.40. The number of carboxylic acid groups (broad SMARTS) is 1. The molecule has 0 bridgehead atoms. The van der Waals surface area contributed by atoms with E-state index in [0.717, 1.165) is 0 Å². The molecule has 5 nitrogen and oxygen atoms in total. The second kappa shape index (κ2) is 7.25. The fourth-order valence-corrected chi connectivity index (χ4v) is 2.21. The molecule has 0 fully saturated rings. The summed E-state index contributed by atoms with van der Waals surface area (Å²) in [5.41, 5.74) is 0.216. The first-order chi connectivity index (χ1) is 8.91. The molecule has 2 atom stereocenters. The fourth-order valence-electron chi connectivity index (χ4n) is 1.42. The number of hydrogen-bond acceptors (Lipinski definition) is 3. The summed E-state index contributed by atoms with van der Waals surface area (Å²) in [7, 11) is -1.11. The molecule has 0 saturated heterocycles. The van der Waals surface area contributed by atoms with Crippen molar-refractivity contribution in [1.29, 1.82) is 0 Å². The third kappa shape index (κ3) is 5.00. The molecule has 7 heteroatoms. The molecule has 1 aromatic carbocycles. The lowest BCUT2D eigenvalue weighted by atomic mass is 10.1. The summed E-state index contributed by atoms with van der Waals surface area (Å²) in [6.45, 7) is 0. The fraction of sp³-hybridized carbons (Fsp3) is 0.333. The summed E-state index contributed by atoms with van der Waals surface area (Å²) in [5.74, 6) is -1.51. The van der Waals surface area contributed by atoms with Crippen LogP contribution in [0.15, 0.2) is 24.3 Å². The SMILES string of the molecule is CS(=O)CCC(NC(=O)c1ccccc1Cl)C(=O)O. The zero-order valence-electron chi connectivity index (χ0n) is 10.3. The molecular weight excluding hydrogens is 290 g/mol. The molecule has 0 aliphatic rings. The minimum atomic E-state index is -1.16. The number of carbonyl (C=O) groups excluding carboxylic acids is 1. The normalized spacial score (nSPS) is 13.6. The van der Waals surface area contributed by atoms with Crippen molar-refractivity contribution in [2.45, 2.75) is 12.5 Å². The van der Waals surface area contributed by atoms with Gasteiger partial charge in [-0.2, -0.15) is 0 Å². The van der Waals surface area contributed by atoms with Crippen LogP contribution in [-0.2, 0) is 15.6 Å². The number of benzene rings is 1. The van der Waals surface area contributed by atoms with Gasteiger partial charge in [-0.3, -0.25) is 9.00 Å². The van der Waals surface area contributed by atoms with E-state index in [1.54, 1.807) is 18.2 Å². The summed E-state index contributed by atoms with van der Waals surface area (Å²) >= 11 is 5.85. The number of halogens is 1. The summed E-state index contributed by atoms with van der Waals surface area (Å²) in [4.78, 5) is 22.9. The standard InChI is InChI=1S/C12H14ClNO4S/c1-19(18)7-6-10(12(16)17)14-11(15)8-4-2-3-5-9(8)13/h2-5,10H,6-7H2,1H3,(H,14,15)(H,16,17). The van der Waals surface area contributed by atoms with Crippen molar-refractivity contribution in [2.24, 2.45) is 0 Å². The van der Waals surface area contributed by atoms with E-state index in [0.29, 0.717) is 0 Å². The third-order valence-electron chi connectivity index (χ3n) is 2.42. The van der Waals surface area contributed by atoms with Gasteiger partial charge < -0.3 is 10.4 Å². The molecule has 0 saturated carbocycles. The molecule has 1 amide bonds. The average Bonchev–Trinajstić information content (AvgIpc) is 2.34. The van der Waals surface area contributed by atoms with E-state index in [1.165, 1.54) is 12.3 Å². The Morgan fingerprint density at radius 3 is 2.58 bits per heavy atom. The summed E-state index contributed by atoms with van der Waals surface area (Å²) < 4.78 is 11.0. The highest BCUT2D eigenvalue weighted by molar-refractivity contribution is 7.84. The lowest BCUT2D eigenvalue weighted by molar-refractivity contribution is -0.139. The van der Waals surface area contributed by atoms with Crippen LogP contribution in [0.3, 0.4) is 0 Å². The van der Waals surface area contributed by atoms with Crippen molar-refractivity contribution in [3.8, 4) is 0 Å². The molecule has 0 aromatic heterocycles. The van der Waals surface area contributed by atoms with Gasteiger partial charge >= 0.3 is 5.97 Å². The highest BCUT2D eigenvalue weighted by atomic mass is 35.5. The lowest BCUT2D eigenvalue weighted by Crippen LogP contribution is -2.41. The number of carbonyl (C=O) groups is 2. The second-order valence-corrected chi connectivity index (χ2v) is 5.87. The zero-order chi connectivity index (χ0) is 14.4. The molecule has 1 rings (SSSR count). The summed E-state index contributed by atoms with van der Waals surface area (Å²) in [5, 5.41) is 11.6. The highest BCUT2D eigenvalue weighted by Crippen LogP contribution is 2.14. The summed E-state index contributed by atoms with van der Waals surface area (Å²) in [6.07, 6.45) is 1.59. The van der Waals surface area contributed by atoms with Gasteiger partial charge in [-0.05, 0) is 18.6 Å². The van der Waals surface area contributed by atoms with Gasteiger partial charge in [0.1, 0.15) is 6.04 Å². The lowest BCUT2D eigenvalue weighted by Gasteiger charge is -2.14. The van der Waals surface area contributed by atoms with Crippen LogP contribution in [-0.4, -0.2) is 39.2 Å². The van der Waals surface area contributed by atoms with Crippen LogP contribution in [0.1, 0.15) is 16.8 Å². The molecule has 0 aliphatic carbocycles. The number of aliphatic carboxylic acids is 1. The third-order valence-corrected chi connectivity index (χ3v) is 3.56. The predicted octanol–water partition coefficient (Wildman–Crippen LogP) is 1.29.